The van der Waals surface area contributed by atoms with Crippen LogP contribution in [0.1, 0.15) is 70.1 Å². The van der Waals surface area contributed by atoms with Crippen LogP contribution in [0.2, 0.25) is 0 Å². The SMILES string of the molecule is CC1CCC(OCC(=O)N(Cc2cccs2)C2CCCCC2)CC1C. The summed E-state index contributed by atoms with van der Waals surface area (Å²) in [5.41, 5.74) is 0. The van der Waals surface area contributed by atoms with E-state index in [9.17, 15) is 4.79 Å². The van der Waals surface area contributed by atoms with Crippen LogP contribution >= 0.6 is 11.3 Å². The number of amides is 1. The van der Waals surface area contributed by atoms with Crippen molar-refractivity contribution in [3.05, 3.63) is 22.4 Å². The number of hydrogen-bond donors (Lipinski definition) is 0. The molecule has 140 valence electrons. The number of hydrogen-bond acceptors (Lipinski definition) is 3. The molecular formula is C21H33NO2S. The van der Waals surface area contributed by atoms with Crippen molar-refractivity contribution in [1.82, 2.24) is 4.90 Å². The van der Waals surface area contributed by atoms with Gasteiger partial charge in [-0.15, -0.1) is 11.3 Å². The van der Waals surface area contributed by atoms with Gasteiger partial charge in [-0.05, 0) is 55.4 Å². The van der Waals surface area contributed by atoms with Crippen LogP contribution < -0.4 is 0 Å². The summed E-state index contributed by atoms with van der Waals surface area (Å²) in [6, 6.07) is 4.61. The lowest BCUT2D eigenvalue weighted by Gasteiger charge is -2.35. The normalized spacial score (nSPS) is 28.0. The number of rotatable bonds is 6. The van der Waals surface area contributed by atoms with Crippen LogP contribution in [0, 0.1) is 11.8 Å². The zero-order valence-electron chi connectivity index (χ0n) is 15.8. The molecule has 3 rings (SSSR count). The molecule has 0 saturated heterocycles. The summed E-state index contributed by atoms with van der Waals surface area (Å²) in [4.78, 5) is 16.4. The summed E-state index contributed by atoms with van der Waals surface area (Å²) < 4.78 is 6.07. The van der Waals surface area contributed by atoms with E-state index in [1.54, 1.807) is 11.3 Å². The average Bonchev–Trinajstić information content (AvgIpc) is 3.14. The Morgan fingerprint density at radius 1 is 1.16 bits per heavy atom. The van der Waals surface area contributed by atoms with Crippen molar-refractivity contribution in [1.29, 1.82) is 0 Å². The second-order valence-electron chi connectivity index (χ2n) is 8.09. The Hall–Kier alpha value is -0.870. The van der Waals surface area contributed by atoms with Gasteiger partial charge in [-0.3, -0.25) is 4.79 Å². The first-order chi connectivity index (χ1) is 12.1. The molecule has 2 aliphatic rings. The monoisotopic (exact) mass is 363 g/mol. The van der Waals surface area contributed by atoms with Gasteiger partial charge in [0, 0.05) is 10.9 Å². The number of thiophene rings is 1. The summed E-state index contributed by atoms with van der Waals surface area (Å²) in [5.74, 6) is 1.68. The van der Waals surface area contributed by atoms with Crippen LogP contribution in [0.5, 0.6) is 0 Å². The fraction of sp³-hybridized carbons (Fsp3) is 0.762. The van der Waals surface area contributed by atoms with Crippen molar-refractivity contribution in [3.8, 4) is 0 Å². The van der Waals surface area contributed by atoms with Gasteiger partial charge in [0.1, 0.15) is 6.61 Å². The number of nitrogens with zero attached hydrogens (tertiary/aromatic N) is 1. The van der Waals surface area contributed by atoms with E-state index in [4.69, 9.17) is 4.74 Å². The number of ether oxygens (including phenoxy) is 1. The van der Waals surface area contributed by atoms with E-state index >= 15 is 0 Å². The van der Waals surface area contributed by atoms with Gasteiger partial charge < -0.3 is 9.64 Å². The van der Waals surface area contributed by atoms with Crippen molar-refractivity contribution in [2.24, 2.45) is 11.8 Å². The van der Waals surface area contributed by atoms with Crippen LogP contribution in [0.3, 0.4) is 0 Å². The molecule has 3 unspecified atom stereocenters. The lowest BCUT2D eigenvalue weighted by atomic mass is 9.80. The Kier molecular flexibility index (Phi) is 6.94. The fourth-order valence-electron chi connectivity index (χ4n) is 4.31. The Balaban J connectivity index is 1.56. The lowest BCUT2D eigenvalue weighted by molar-refractivity contribution is -0.143. The molecule has 0 radical (unpaired) electrons. The third kappa shape index (κ3) is 5.30. The highest BCUT2D eigenvalue weighted by atomic mass is 32.1. The fourth-order valence-corrected chi connectivity index (χ4v) is 5.01. The van der Waals surface area contributed by atoms with Gasteiger partial charge in [0.15, 0.2) is 0 Å². The van der Waals surface area contributed by atoms with E-state index in [-0.39, 0.29) is 18.6 Å². The molecule has 25 heavy (non-hydrogen) atoms. The molecule has 4 heteroatoms. The zero-order valence-corrected chi connectivity index (χ0v) is 16.6. The predicted octanol–water partition coefficient (Wildman–Crippen LogP) is 5.25. The van der Waals surface area contributed by atoms with E-state index in [1.807, 2.05) is 0 Å². The summed E-state index contributed by atoms with van der Waals surface area (Å²) in [6.45, 7) is 5.65. The Bertz CT molecular complexity index is 524. The topological polar surface area (TPSA) is 29.5 Å². The van der Waals surface area contributed by atoms with Crippen molar-refractivity contribution in [2.75, 3.05) is 6.61 Å². The van der Waals surface area contributed by atoms with Crippen molar-refractivity contribution in [2.45, 2.75) is 83.9 Å². The maximum absolute atomic E-state index is 13.0. The van der Waals surface area contributed by atoms with Gasteiger partial charge in [0.05, 0.1) is 12.6 Å². The quantitative estimate of drug-likeness (QED) is 0.691. The average molecular weight is 364 g/mol. The van der Waals surface area contributed by atoms with E-state index in [0.29, 0.717) is 12.0 Å². The largest absolute Gasteiger partial charge is 0.368 e. The second-order valence-corrected chi connectivity index (χ2v) is 9.13. The lowest BCUT2D eigenvalue weighted by Crippen LogP contribution is -2.43. The molecule has 1 aromatic rings. The molecule has 0 bridgehead atoms. The van der Waals surface area contributed by atoms with Crippen molar-refractivity contribution < 1.29 is 9.53 Å². The molecule has 2 saturated carbocycles. The van der Waals surface area contributed by atoms with Gasteiger partial charge in [-0.25, -0.2) is 0 Å². The Morgan fingerprint density at radius 3 is 2.64 bits per heavy atom. The molecule has 1 heterocycles. The predicted molar refractivity (Wildman–Crippen MR) is 104 cm³/mol. The van der Waals surface area contributed by atoms with Gasteiger partial charge in [0.2, 0.25) is 5.91 Å². The smallest absolute Gasteiger partial charge is 0.249 e. The minimum atomic E-state index is 0.187. The van der Waals surface area contributed by atoms with E-state index in [0.717, 1.165) is 38.1 Å². The zero-order chi connectivity index (χ0) is 17.6. The molecule has 2 fully saturated rings. The van der Waals surface area contributed by atoms with Gasteiger partial charge >= 0.3 is 0 Å². The number of carbonyl (C=O) groups excluding carboxylic acids is 1. The van der Waals surface area contributed by atoms with Crippen molar-refractivity contribution in [3.63, 3.8) is 0 Å². The molecule has 2 aliphatic carbocycles. The minimum Gasteiger partial charge on any atom is -0.368 e. The summed E-state index contributed by atoms with van der Waals surface area (Å²) in [7, 11) is 0. The third-order valence-corrected chi connectivity index (χ3v) is 7.10. The van der Waals surface area contributed by atoms with E-state index in [2.05, 4.69) is 36.3 Å². The summed E-state index contributed by atoms with van der Waals surface area (Å²) >= 11 is 1.74. The molecular weight excluding hydrogens is 330 g/mol. The Labute approximate surface area is 156 Å². The first-order valence-corrected chi connectivity index (χ1v) is 10.9. The molecule has 0 N–H and O–H groups in total. The Morgan fingerprint density at radius 2 is 1.96 bits per heavy atom. The third-order valence-electron chi connectivity index (χ3n) is 6.23. The van der Waals surface area contributed by atoms with Crippen LogP contribution in [-0.4, -0.2) is 29.6 Å². The maximum atomic E-state index is 13.0. The first kappa shape index (κ1) is 18.9. The highest BCUT2D eigenvalue weighted by Crippen LogP contribution is 2.31. The van der Waals surface area contributed by atoms with E-state index in [1.165, 1.54) is 30.6 Å². The van der Waals surface area contributed by atoms with Crippen LogP contribution in [0.25, 0.3) is 0 Å². The minimum absolute atomic E-state index is 0.187. The second kappa shape index (κ2) is 9.18. The molecule has 0 aliphatic heterocycles. The molecule has 1 aromatic heterocycles. The molecule has 0 aromatic carbocycles. The van der Waals surface area contributed by atoms with Gasteiger partial charge in [-0.1, -0.05) is 39.2 Å². The van der Waals surface area contributed by atoms with Crippen LogP contribution in [0.15, 0.2) is 17.5 Å². The highest BCUT2D eigenvalue weighted by Gasteiger charge is 2.29. The van der Waals surface area contributed by atoms with Crippen molar-refractivity contribution >= 4 is 17.2 Å². The number of carbonyl (C=O) groups is 1. The molecule has 0 spiro atoms. The van der Waals surface area contributed by atoms with E-state index < -0.39 is 0 Å². The highest BCUT2D eigenvalue weighted by molar-refractivity contribution is 7.09. The van der Waals surface area contributed by atoms with Crippen LogP contribution in [0.4, 0.5) is 0 Å². The molecule has 3 atom stereocenters. The molecule has 1 amide bonds. The summed E-state index contributed by atoms with van der Waals surface area (Å²) in [5, 5.41) is 2.10. The van der Waals surface area contributed by atoms with Gasteiger partial charge in [-0.2, -0.15) is 0 Å². The standard InChI is InChI=1S/C21H33NO2S/c1-16-10-11-19(13-17(16)2)24-15-21(23)22(14-20-9-6-12-25-20)18-7-4-3-5-8-18/h6,9,12,16-19H,3-5,7-8,10-11,13-15H2,1-2H3. The molecule has 3 nitrogen and oxygen atoms in total. The maximum Gasteiger partial charge on any atom is 0.249 e. The van der Waals surface area contributed by atoms with Gasteiger partial charge in [0.25, 0.3) is 0 Å². The first-order valence-electron chi connectivity index (χ1n) is 10.1. The summed E-state index contributed by atoms with van der Waals surface area (Å²) in [6.07, 6.45) is 9.80. The van der Waals surface area contributed by atoms with Crippen LogP contribution in [-0.2, 0) is 16.1 Å².